The van der Waals surface area contributed by atoms with Gasteiger partial charge in [-0.25, -0.2) is 9.36 Å². The molecule has 11 nitrogen and oxygen atoms in total. The van der Waals surface area contributed by atoms with Gasteiger partial charge in [-0.3, -0.25) is 14.3 Å². The van der Waals surface area contributed by atoms with Crippen molar-refractivity contribution in [3.8, 4) is 6.07 Å². The van der Waals surface area contributed by atoms with E-state index in [1.54, 1.807) is 0 Å². The molecule has 138 valence electrons. The Kier molecular flexibility index (Phi) is 3.65. The number of nitriles is 1. The van der Waals surface area contributed by atoms with E-state index < -0.39 is 35.1 Å². The number of hydrogen-bond donors (Lipinski definition) is 4. The summed E-state index contributed by atoms with van der Waals surface area (Å²) in [6.45, 7) is -0.262. The molecule has 4 rings (SSSR count). The lowest BCUT2D eigenvalue weighted by molar-refractivity contribution is -0.0506. The summed E-state index contributed by atoms with van der Waals surface area (Å²) in [5, 5.41) is 28.9. The lowest BCUT2D eigenvalue weighted by atomic mass is 10.1. The lowest BCUT2D eigenvalue weighted by Crippen LogP contribution is -2.33. The van der Waals surface area contributed by atoms with Gasteiger partial charge in [-0.15, -0.1) is 0 Å². The Balaban J connectivity index is 1.93. The van der Waals surface area contributed by atoms with E-state index in [4.69, 9.17) is 10.5 Å². The Labute approximate surface area is 146 Å². The van der Waals surface area contributed by atoms with Gasteiger partial charge >= 0.3 is 5.69 Å². The van der Waals surface area contributed by atoms with Crippen LogP contribution in [0.2, 0.25) is 0 Å². The van der Waals surface area contributed by atoms with E-state index in [0.717, 1.165) is 4.57 Å². The number of nitrogens with two attached hydrogens (primary N) is 1. The first kappa shape index (κ1) is 16.8. The second-order valence-electron chi connectivity index (χ2n) is 6.89. The number of H-pyrrole nitrogens is 1. The number of nitrogens with zero attached hydrogens (tertiary/aromatic N) is 4. The van der Waals surface area contributed by atoms with E-state index in [1.165, 1.54) is 4.57 Å². The minimum absolute atomic E-state index is 0.0195. The SMILES string of the molecule is N#CC1(Cn2c(=O)n(C3OC(CO)CC3O)c3nc(N)[nH]c(=O)c32)CC1. The minimum atomic E-state index is -1.10. The summed E-state index contributed by atoms with van der Waals surface area (Å²) in [6.07, 6.45) is -1.38. The summed E-state index contributed by atoms with van der Waals surface area (Å²) in [6, 6.07) is 2.19. The van der Waals surface area contributed by atoms with Crippen molar-refractivity contribution >= 4 is 17.1 Å². The molecule has 1 saturated heterocycles. The van der Waals surface area contributed by atoms with Crippen molar-refractivity contribution in [3.63, 3.8) is 0 Å². The number of aliphatic hydroxyl groups is 2. The number of ether oxygens (including phenoxy) is 1. The number of fused-ring (bicyclic) bond motifs is 1. The average molecular weight is 362 g/mol. The number of aromatic amines is 1. The highest BCUT2D eigenvalue weighted by atomic mass is 16.5. The van der Waals surface area contributed by atoms with Crippen LogP contribution in [0.4, 0.5) is 5.95 Å². The largest absolute Gasteiger partial charge is 0.394 e. The molecular formula is C15H18N6O5. The molecule has 2 aromatic rings. The Hall–Kier alpha value is -2.68. The van der Waals surface area contributed by atoms with Crippen molar-refractivity contribution in [2.45, 2.75) is 44.2 Å². The van der Waals surface area contributed by atoms with Gasteiger partial charge in [0, 0.05) is 13.0 Å². The first-order chi connectivity index (χ1) is 12.4. The van der Waals surface area contributed by atoms with Crippen molar-refractivity contribution in [1.29, 1.82) is 5.26 Å². The van der Waals surface area contributed by atoms with Gasteiger partial charge < -0.3 is 20.7 Å². The van der Waals surface area contributed by atoms with Gasteiger partial charge in [0.1, 0.15) is 6.10 Å². The van der Waals surface area contributed by atoms with E-state index in [0.29, 0.717) is 12.8 Å². The second-order valence-corrected chi connectivity index (χ2v) is 6.89. The molecule has 0 bridgehead atoms. The normalized spacial score (nSPS) is 26.9. The standard InChI is InChI=1S/C15H18N6O5/c16-5-15(1-2-15)6-20-9-10(18-13(17)19-11(9)24)21(14(20)25)12-8(23)3-7(4-22)26-12/h7-8,12,22-23H,1-4,6H2,(H3,17,18,19,24). The quantitative estimate of drug-likeness (QED) is 0.504. The summed E-state index contributed by atoms with van der Waals surface area (Å²) in [5.41, 5.74) is 3.67. The molecule has 0 radical (unpaired) electrons. The van der Waals surface area contributed by atoms with E-state index >= 15 is 0 Å². The smallest absolute Gasteiger partial charge is 0.332 e. The van der Waals surface area contributed by atoms with Crippen LogP contribution < -0.4 is 17.0 Å². The molecule has 1 aliphatic carbocycles. The first-order valence-corrected chi connectivity index (χ1v) is 8.25. The van der Waals surface area contributed by atoms with Gasteiger partial charge in [-0.05, 0) is 12.8 Å². The van der Waals surface area contributed by atoms with Gasteiger partial charge in [-0.1, -0.05) is 0 Å². The fourth-order valence-corrected chi connectivity index (χ4v) is 3.41. The summed E-state index contributed by atoms with van der Waals surface area (Å²) in [5.74, 6) is -0.180. The molecule has 3 heterocycles. The first-order valence-electron chi connectivity index (χ1n) is 8.25. The lowest BCUT2D eigenvalue weighted by Gasteiger charge is -2.15. The number of anilines is 1. The van der Waals surface area contributed by atoms with Gasteiger partial charge in [0.25, 0.3) is 5.56 Å². The molecule has 0 spiro atoms. The van der Waals surface area contributed by atoms with E-state index in [2.05, 4.69) is 16.0 Å². The van der Waals surface area contributed by atoms with Crippen LogP contribution in [0.3, 0.4) is 0 Å². The maximum atomic E-state index is 13.0. The predicted octanol–water partition coefficient (Wildman–Crippen LogP) is -1.59. The summed E-state index contributed by atoms with van der Waals surface area (Å²) >= 11 is 0. The summed E-state index contributed by atoms with van der Waals surface area (Å²) in [7, 11) is 0. The minimum Gasteiger partial charge on any atom is -0.394 e. The third kappa shape index (κ3) is 2.42. The fraction of sp³-hybridized carbons (Fsp3) is 0.600. The molecule has 1 saturated carbocycles. The third-order valence-electron chi connectivity index (χ3n) is 5.00. The van der Waals surface area contributed by atoms with Gasteiger partial charge in [0.2, 0.25) is 5.95 Å². The van der Waals surface area contributed by atoms with E-state index in [9.17, 15) is 25.1 Å². The molecule has 1 aliphatic heterocycles. The van der Waals surface area contributed by atoms with Crippen molar-refractivity contribution in [2.75, 3.05) is 12.3 Å². The highest BCUT2D eigenvalue weighted by Crippen LogP contribution is 2.46. The number of imidazole rings is 1. The van der Waals surface area contributed by atoms with Gasteiger partial charge in [0.05, 0.1) is 24.2 Å². The number of nitrogens with one attached hydrogen (secondary N) is 1. The average Bonchev–Trinajstić information content (AvgIpc) is 3.21. The van der Waals surface area contributed by atoms with Crippen molar-refractivity contribution in [2.24, 2.45) is 5.41 Å². The van der Waals surface area contributed by atoms with E-state index in [1.807, 2.05) is 0 Å². The van der Waals surface area contributed by atoms with Crippen molar-refractivity contribution in [3.05, 3.63) is 20.8 Å². The Morgan fingerprint density at radius 2 is 2.19 bits per heavy atom. The zero-order chi connectivity index (χ0) is 18.6. The number of rotatable bonds is 4. The molecule has 11 heteroatoms. The highest BCUT2D eigenvalue weighted by Gasteiger charge is 2.45. The van der Waals surface area contributed by atoms with Crippen LogP contribution in [-0.2, 0) is 11.3 Å². The third-order valence-corrected chi connectivity index (χ3v) is 5.00. The van der Waals surface area contributed by atoms with Crippen LogP contribution >= 0.6 is 0 Å². The second kappa shape index (κ2) is 5.66. The van der Waals surface area contributed by atoms with Crippen LogP contribution in [0.25, 0.3) is 11.2 Å². The fourth-order valence-electron chi connectivity index (χ4n) is 3.41. The van der Waals surface area contributed by atoms with Crippen LogP contribution in [0, 0.1) is 16.7 Å². The molecule has 26 heavy (non-hydrogen) atoms. The van der Waals surface area contributed by atoms with Crippen LogP contribution in [0.5, 0.6) is 0 Å². The zero-order valence-electron chi connectivity index (χ0n) is 13.8. The van der Waals surface area contributed by atoms with Gasteiger partial charge in [-0.2, -0.15) is 10.2 Å². The summed E-state index contributed by atoms with van der Waals surface area (Å²) < 4.78 is 7.83. The maximum absolute atomic E-state index is 13.0. The molecule has 0 aromatic carbocycles. The van der Waals surface area contributed by atoms with Crippen molar-refractivity contribution in [1.82, 2.24) is 19.1 Å². The van der Waals surface area contributed by atoms with Crippen LogP contribution in [0.1, 0.15) is 25.5 Å². The Morgan fingerprint density at radius 1 is 1.46 bits per heavy atom. The Bertz CT molecular complexity index is 1030. The number of hydrogen-bond acceptors (Lipinski definition) is 8. The monoisotopic (exact) mass is 362 g/mol. The molecule has 3 unspecified atom stereocenters. The predicted molar refractivity (Wildman–Crippen MR) is 87.9 cm³/mol. The number of aromatic nitrogens is 4. The topological polar surface area (TPSA) is 172 Å². The number of nitrogen functional groups attached to an aromatic ring is 1. The molecule has 3 atom stereocenters. The molecular weight excluding hydrogens is 344 g/mol. The highest BCUT2D eigenvalue weighted by molar-refractivity contribution is 5.72. The maximum Gasteiger partial charge on any atom is 0.332 e. The Morgan fingerprint density at radius 3 is 2.77 bits per heavy atom. The molecule has 2 aromatic heterocycles. The van der Waals surface area contributed by atoms with Crippen LogP contribution in [-0.4, -0.2) is 48.1 Å². The molecule has 5 N–H and O–H groups in total. The molecule has 0 amide bonds. The summed E-state index contributed by atoms with van der Waals surface area (Å²) in [4.78, 5) is 31.9. The van der Waals surface area contributed by atoms with Crippen molar-refractivity contribution < 1.29 is 14.9 Å². The zero-order valence-corrected chi connectivity index (χ0v) is 13.8. The van der Waals surface area contributed by atoms with Crippen LogP contribution in [0.15, 0.2) is 9.59 Å². The molecule has 2 aliphatic rings. The van der Waals surface area contributed by atoms with Gasteiger partial charge in [0.15, 0.2) is 17.4 Å². The number of aliphatic hydroxyl groups excluding tert-OH is 2. The molecule has 2 fully saturated rings. The van der Waals surface area contributed by atoms with E-state index in [-0.39, 0.29) is 36.7 Å².